The van der Waals surface area contributed by atoms with E-state index in [9.17, 15) is 0 Å². The van der Waals surface area contributed by atoms with E-state index in [1.807, 2.05) is 0 Å². The number of hydrogen-bond donors (Lipinski definition) is 1. The molecule has 0 aromatic carbocycles. The molecule has 1 N–H and O–H groups in total. The predicted molar refractivity (Wildman–Crippen MR) is 46.1 cm³/mol. The third kappa shape index (κ3) is 2.03. The predicted octanol–water partition coefficient (Wildman–Crippen LogP) is 2.09. The molecule has 0 aromatic rings. The van der Waals surface area contributed by atoms with E-state index in [0.29, 0.717) is 17.9 Å². The first-order chi connectivity index (χ1) is 5.27. The van der Waals surface area contributed by atoms with Gasteiger partial charge in [-0.3, -0.25) is 0 Å². The summed E-state index contributed by atoms with van der Waals surface area (Å²) >= 11 is 0. The number of methoxy groups -OCH3 is 1. The third-order valence-electron chi connectivity index (χ3n) is 2.76. The van der Waals surface area contributed by atoms with Gasteiger partial charge in [0.05, 0.1) is 6.10 Å². The Bertz CT molecular complexity index is 136. The van der Waals surface area contributed by atoms with Crippen LogP contribution in [0.2, 0.25) is 0 Å². The van der Waals surface area contributed by atoms with Gasteiger partial charge in [-0.1, -0.05) is 6.92 Å². The van der Waals surface area contributed by atoms with E-state index in [-0.39, 0.29) is 0 Å². The fourth-order valence-corrected chi connectivity index (χ4v) is 1.76. The summed E-state index contributed by atoms with van der Waals surface area (Å²) in [6.07, 6.45) is 5.40. The van der Waals surface area contributed by atoms with Crippen LogP contribution in [0.4, 0.5) is 0 Å². The van der Waals surface area contributed by atoms with Crippen LogP contribution in [0.5, 0.6) is 0 Å². The molecule has 2 nitrogen and oxygen atoms in total. The van der Waals surface area contributed by atoms with E-state index in [1.54, 1.807) is 13.3 Å². The van der Waals surface area contributed by atoms with Gasteiger partial charge in [-0.05, 0) is 37.3 Å². The summed E-state index contributed by atoms with van der Waals surface area (Å²) in [5.74, 6) is 1.13. The molecule has 0 heterocycles. The highest BCUT2D eigenvalue weighted by molar-refractivity contribution is 5.57. The molecule has 3 atom stereocenters. The Labute approximate surface area is 68.5 Å². The second-order valence-electron chi connectivity index (χ2n) is 3.48. The molecule has 0 spiro atoms. The van der Waals surface area contributed by atoms with Crippen LogP contribution >= 0.6 is 0 Å². The van der Waals surface area contributed by atoms with Crippen LogP contribution in [0.3, 0.4) is 0 Å². The largest absolute Gasteiger partial charge is 0.381 e. The molecule has 1 fully saturated rings. The minimum atomic E-state index is 0.401. The Morgan fingerprint density at radius 3 is 2.73 bits per heavy atom. The van der Waals surface area contributed by atoms with Crippen LogP contribution in [0.1, 0.15) is 26.2 Å². The summed E-state index contributed by atoms with van der Waals surface area (Å²) in [5.41, 5.74) is 0. The van der Waals surface area contributed by atoms with E-state index in [2.05, 4.69) is 6.92 Å². The van der Waals surface area contributed by atoms with Gasteiger partial charge in [0.25, 0.3) is 0 Å². The van der Waals surface area contributed by atoms with Crippen molar-refractivity contribution in [3.8, 4) is 0 Å². The normalized spacial score (nSPS) is 38.5. The van der Waals surface area contributed by atoms with Crippen molar-refractivity contribution in [2.45, 2.75) is 32.3 Å². The topological polar surface area (TPSA) is 33.1 Å². The Morgan fingerprint density at radius 1 is 1.45 bits per heavy atom. The van der Waals surface area contributed by atoms with Gasteiger partial charge in [-0.2, -0.15) is 0 Å². The molecule has 1 aliphatic carbocycles. The van der Waals surface area contributed by atoms with E-state index < -0.39 is 0 Å². The zero-order valence-electron chi connectivity index (χ0n) is 7.34. The Morgan fingerprint density at radius 2 is 2.18 bits per heavy atom. The van der Waals surface area contributed by atoms with Gasteiger partial charge in [0.2, 0.25) is 0 Å². The van der Waals surface area contributed by atoms with E-state index in [4.69, 9.17) is 10.1 Å². The summed E-state index contributed by atoms with van der Waals surface area (Å²) in [6.45, 7) is 2.22. The van der Waals surface area contributed by atoms with Gasteiger partial charge in [-0.15, -0.1) is 0 Å². The molecule has 0 aliphatic heterocycles. The Kier molecular flexibility index (Phi) is 3.06. The van der Waals surface area contributed by atoms with Crippen LogP contribution < -0.4 is 0 Å². The standard InChI is InChI=1S/C9H17NO/c1-7-3-4-9(11-2)5-8(7)6-10/h6-10H,3-5H2,1-2H3. The first-order valence-electron chi connectivity index (χ1n) is 4.31. The van der Waals surface area contributed by atoms with Crippen molar-refractivity contribution in [3.63, 3.8) is 0 Å². The molecular formula is C9H17NO. The minimum Gasteiger partial charge on any atom is -0.381 e. The Balaban J connectivity index is 2.43. The molecule has 0 aromatic heterocycles. The molecule has 1 rings (SSSR count). The van der Waals surface area contributed by atoms with Crippen LogP contribution in [-0.2, 0) is 4.74 Å². The molecule has 2 heteroatoms. The lowest BCUT2D eigenvalue weighted by atomic mass is 9.80. The zero-order valence-corrected chi connectivity index (χ0v) is 7.34. The van der Waals surface area contributed by atoms with Crippen LogP contribution in [0.25, 0.3) is 0 Å². The lowest BCUT2D eigenvalue weighted by Gasteiger charge is -2.30. The van der Waals surface area contributed by atoms with Crippen molar-refractivity contribution in [1.82, 2.24) is 0 Å². The van der Waals surface area contributed by atoms with Gasteiger partial charge in [0.1, 0.15) is 0 Å². The van der Waals surface area contributed by atoms with Gasteiger partial charge in [0, 0.05) is 7.11 Å². The molecule has 11 heavy (non-hydrogen) atoms. The van der Waals surface area contributed by atoms with E-state index in [0.717, 1.165) is 6.42 Å². The lowest BCUT2D eigenvalue weighted by Crippen LogP contribution is -2.28. The van der Waals surface area contributed by atoms with Crippen molar-refractivity contribution in [3.05, 3.63) is 0 Å². The maximum Gasteiger partial charge on any atom is 0.0577 e. The second kappa shape index (κ2) is 3.86. The second-order valence-corrected chi connectivity index (χ2v) is 3.48. The van der Waals surface area contributed by atoms with Crippen LogP contribution in [-0.4, -0.2) is 19.4 Å². The maximum atomic E-state index is 7.21. The Hall–Kier alpha value is -0.370. The highest BCUT2D eigenvalue weighted by Crippen LogP contribution is 2.29. The molecule has 3 unspecified atom stereocenters. The molecule has 0 amide bonds. The molecular weight excluding hydrogens is 138 g/mol. The minimum absolute atomic E-state index is 0.401. The van der Waals surface area contributed by atoms with Gasteiger partial charge >= 0.3 is 0 Å². The summed E-state index contributed by atoms with van der Waals surface area (Å²) in [4.78, 5) is 0. The smallest absolute Gasteiger partial charge is 0.0577 e. The van der Waals surface area contributed by atoms with Crippen molar-refractivity contribution in [2.75, 3.05) is 7.11 Å². The van der Waals surface area contributed by atoms with Crippen molar-refractivity contribution in [1.29, 1.82) is 5.41 Å². The van der Waals surface area contributed by atoms with Crippen molar-refractivity contribution < 1.29 is 4.74 Å². The maximum absolute atomic E-state index is 7.21. The fourth-order valence-electron chi connectivity index (χ4n) is 1.76. The van der Waals surface area contributed by atoms with Crippen LogP contribution in [0.15, 0.2) is 0 Å². The van der Waals surface area contributed by atoms with Gasteiger partial charge in [-0.25, -0.2) is 0 Å². The number of nitrogens with one attached hydrogen (secondary N) is 1. The molecule has 1 saturated carbocycles. The summed E-state index contributed by atoms with van der Waals surface area (Å²) in [5, 5.41) is 7.21. The number of ether oxygens (including phenoxy) is 1. The van der Waals surface area contributed by atoms with Crippen LogP contribution in [0, 0.1) is 17.2 Å². The zero-order chi connectivity index (χ0) is 8.27. The third-order valence-corrected chi connectivity index (χ3v) is 2.76. The molecule has 1 aliphatic rings. The molecule has 0 bridgehead atoms. The summed E-state index contributed by atoms with van der Waals surface area (Å²) in [7, 11) is 1.77. The summed E-state index contributed by atoms with van der Waals surface area (Å²) < 4.78 is 5.27. The van der Waals surface area contributed by atoms with Crippen molar-refractivity contribution >= 4 is 6.21 Å². The quantitative estimate of drug-likeness (QED) is 0.608. The monoisotopic (exact) mass is 155 g/mol. The highest BCUT2D eigenvalue weighted by atomic mass is 16.5. The van der Waals surface area contributed by atoms with E-state index >= 15 is 0 Å². The van der Waals surface area contributed by atoms with Gasteiger partial charge < -0.3 is 10.1 Å². The SMILES string of the molecule is COC1CCC(C)C(C=N)C1. The fraction of sp³-hybridized carbons (Fsp3) is 0.889. The lowest BCUT2D eigenvalue weighted by molar-refractivity contribution is 0.0478. The number of hydrogen-bond acceptors (Lipinski definition) is 2. The molecule has 64 valence electrons. The first kappa shape index (κ1) is 8.72. The average Bonchev–Trinajstić information content (AvgIpc) is 2.05. The average molecular weight is 155 g/mol. The number of rotatable bonds is 2. The summed E-state index contributed by atoms with van der Waals surface area (Å²) in [6, 6.07) is 0. The molecule has 0 saturated heterocycles. The van der Waals surface area contributed by atoms with E-state index in [1.165, 1.54) is 12.8 Å². The highest BCUT2D eigenvalue weighted by Gasteiger charge is 2.25. The first-order valence-corrected chi connectivity index (χ1v) is 4.31. The molecule has 0 radical (unpaired) electrons. The van der Waals surface area contributed by atoms with Crippen molar-refractivity contribution in [2.24, 2.45) is 11.8 Å². The van der Waals surface area contributed by atoms with Gasteiger partial charge in [0.15, 0.2) is 0 Å².